The maximum atomic E-state index is 13.1. The summed E-state index contributed by atoms with van der Waals surface area (Å²) in [5.41, 5.74) is 1.78. The number of phenolic OH excluding ortho intramolecular Hbond substituents is 1. The van der Waals surface area contributed by atoms with E-state index in [0.717, 1.165) is 19.5 Å². The predicted octanol–water partition coefficient (Wildman–Crippen LogP) is 4.27. The van der Waals surface area contributed by atoms with Gasteiger partial charge in [0, 0.05) is 13.1 Å². The number of rotatable bonds is 6. The van der Waals surface area contributed by atoms with Crippen LogP contribution in [-0.2, 0) is 6.54 Å². The summed E-state index contributed by atoms with van der Waals surface area (Å²) in [4.78, 5) is 15.4. The summed E-state index contributed by atoms with van der Waals surface area (Å²) >= 11 is 0. The Hall–Kier alpha value is -3.19. The number of allylic oxidation sites excluding steroid dienone is 1. The van der Waals surface area contributed by atoms with Gasteiger partial charge in [0.15, 0.2) is 17.3 Å². The van der Waals surface area contributed by atoms with Crippen LogP contribution in [0, 0.1) is 5.92 Å². The minimum absolute atomic E-state index is 0.142. The van der Waals surface area contributed by atoms with Gasteiger partial charge in [0.2, 0.25) is 11.5 Å². The average Bonchev–Trinajstić information content (AvgIpc) is 3.10. The summed E-state index contributed by atoms with van der Waals surface area (Å²) < 4.78 is 22.2. The van der Waals surface area contributed by atoms with Crippen LogP contribution in [0.25, 0.3) is 6.08 Å². The number of benzene rings is 2. The van der Waals surface area contributed by atoms with Crippen molar-refractivity contribution in [2.75, 3.05) is 34.4 Å². The topological polar surface area (TPSA) is 77.5 Å². The number of fused-ring (bicyclic) bond motifs is 1. The van der Waals surface area contributed by atoms with E-state index < -0.39 is 0 Å². The number of piperidine rings is 1. The molecule has 32 heavy (non-hydrogen) atoms. The van der Waals surface area contributed by atoms with Crippen LogP contribution >= 0.6 is 0 Å². The van der Waals surface area contributed by atoms with Crippen LogP contribution in [0.15, 0.2) is 30.0 Å². The van der Waals surface area contributed by atoms with Crippen LogP contribution in [0.4, 0.5) is 0 Å². The van der Waals surface area contributed by atoms with Crippen LogP contribution in [0.2, 0.25) is 0 Å². The lowest BCUT2D eigenvalue weighted by atomic mass is 9.99. The summed E-state index contributed by atoms with van der Waals surface area (Å²) in [5.74, 6) is 2.60. The minimum Gasteiger partial charge on any atom is -0.507 e. The summed E-state index contributed by atoms with van der Waals surface area (Å²) in [6.07, 6.45) is 3.99. The third-order valence-corrected chi connectivity index (χ3v) is 6.02. The van der Waals surface area contributed by atoms with Crippen molar-refractivity contribution in [3.63, 3.8) is 0 Å². The van der Waals surface area contributed by atoms with Gasteiger partial charge in [-0.05, 0) is 61.2 Å². The van der Waals surface area contributed by atoms with E-state index in [2.05, 4.69) is 11.8 Å². The predicted molar refractivity (Wildman–Crippen MR) is 121 cm³/mol. The van der Waals surface area contributed by atoms with E-state index in [1.807, 2.05) is 0 Å². The van der Waals surface area contributed by atoms with E-state index in [4.69, 9.17) is 18.9 Å². The third kappa shape index (κ3) is 4.12. The first-order valence-electron chi connectivity index (χ1n) is 10.8. The molecule has 170 valence electrons. The van der Waals surface area contributed by atoms with Crippen LogP contribution in [0.5, 0.6) is 28.7 Å². The Morgan fingerprint density at radius 3 is 2.50 bits per heavy atom. The van der Waals surface area contributed by atoms with Gasteiger partial charge >= 0.3 is 0 Å². The second-order valence-corrected chi connectivity index (χ2v) is 8.32. The fraction of sp³-hybridized carbons (Fsp3) is 0.400. The number of ketones is 1. The van der Waals surface area contributed by atoms with Crippen molar-refractivity contribution in [1.82, 2.24) is 4.90 Å². The largest absolute Gasteiger partial charge is 0.507 e. The molecule has 0 amide bonds. The number of phenols is 1. The molecule has 0 saturated carbocycles. The first-order chi connectivity index (χ1) is 15.4. The molecule has 1 N–H and O–H groups in total. The lowest BCUT2D eigenvalue weighted by Crippen LogP contribution is -2.33. The Morgan fingerprint density at radius 2 is 1.88 bits per heavy atom. The lowest BCUT2D eigenvalue weighted by molar-refractivity contribution is 0.101. The molecule has 2 heterocycles. The van der Waals surface area contributed by atoms with Crippen molar-refractivity contribution in [1.29, 1.82) is 0 Å². The monoisotopic (exact) mass is 439 g/mol. The highest BCUT2D eigenvalue weighted by Crippen LogP contribution is 2.42. The molecule has 7 nitrogen and oxygen atoms in total. The summed E-state index contributed by atoms with van der Waals surface area (Å²) in [6.45, 7) is 4.71. The van der Waals surface area contributed by atoms with E-state index in [9.17, 15) is 9.90 Å². The number of nitrogens with zero attached hydrogens (tertiary/aromatic N) is 1. The van der Waals surface area contributed by atoms with Gasteiger partial charge in [-0.3, -0.25) is 9.69 Å². The summed E-state index contributed by atoms with van der Waals surface area (Å²) in [5, 5.41) is 10.5. The highest BCUT2D eigenvalue weighted by Gasteiger charge is 2.32. The molecule has 2 aliphatic heterocycles. The molecule has 1 saturated heterocycles. The third-order valence-electron chi connectivity index (χ3n) is 6.02. The van der Waals surface area contributed by atoms with Crippen LogP contribution in [0.1, 0.15) is 41.3 Å². The molecule has 0 bridgehead atoms. The highest BCUT2D eigenvalue weighted by molar-refractivity contribution is 6.15. The standard InChI is InChI=1S/C25H29NO6/c1-15-6-5-9-26(13-15)14-18-19(27)8-7-17-23(28)20(32-24(17)18)10-16-11-21(29-2)25(31-4)22(12-16)30-3/h7-8,10-12,15,27H,5-6,9,13-14H2,1-4H3/t15-/m1/s1. The van der Waals surface area contributed by atoms with Crippen molar-refractivity contribution in [3.05, 3.63) is 46.7 Å². The molecule has 7 heteroatoms. The summed E-state index contributed by atoms with van der Waals surface area (Å²) in [7, 11) is 4.62. The van der Waals surface area contributed by atoms with Gasteiger partial charge in [-0.1, -0.05) is 6.92 Å². The Labute approximate surface area is 188 Å². The molecular weight excluding hydrogens is 410 g/mol. The zero-order chi connectivity index (χ0) is 22.8. The molecule has 0 aromatic heterocycles. The van der Waals surface area contributed by atoms with Gasteiger partial charge in [0.25, 0.3) is 0 Å². The Kier molecular flexibility index (Phi) is 6.28. The Morgan fingerprint density at radius 1 is 1.16 bits per heavy atom. The fourth-order valence-corrected chi connectivity index (χ4v) is 4.44. The van der Waals surface area contributed by atoms with Crippen molar-refractivity contribution in [2.45, 2.75) is 26.3 Å². The second-order valence-electron chi connectivity index (χ2n) is 8.32. The van der Waals surface area contributed by atoms with Gasteiger partial charge < -0.3 is 24.1 Å². The molecule has 2 aromatic carbocycles. The van der Waals surface area contributed by atoms with Gasteiger partial charge in [0.05, 0.1) is 32.5 Å². The van der Waals surface area contributed by atoms with Gasteiger partial charge in [0.1, 0.15) is 11.5 Å². The number of carbonyl (C=O) groups is 1. The number of Topliss-reactive ketones (excluding diaryl/α,β-unsaturated/α-hetero) is 1. The number of hydrogen-bond acceptors (Lipinski definition) is 7. The van der Waals surface area contributed by atoms with Crippen molar-refractivity contribution in [2.24, 2.45) is 5.92 Å². The maximum absolute atomic E-state index is 13.1. The van der Waals surface area contributed by atoms with Crippen molar-refractivity contribution < 1.29 is 28.8 Å². The van der Waals surface area contributed by atoms with Gasteiger partial charge in [-0.25, -0.2) is 0 Å². The van der Waals surface area contributed by atoms with E-state index in [0.29, 0.717) is 52.2 Å². The number of likely N-dealkylation sites (tertiary alicyclic amines) is 1. The van der Waals surface area contributed by atoms with Gasteiger partial charge in [-0.2, -0.15) is 0 Å². The number of aromatic hydroxyl groups is 1. The van der Waals surface area contributed by atoms with E-state index in [-0.39, 0.29) is 17.3 Å². The molecule has 0 radical (unpaired) electrons. The zero-order valence-electron chi connectivity index (χ0n) is 18.9. The van der Waals surface area contributed by atoms with E-state index in [1.54, 1.807) is 30.3 Å². The normalized spacial score (nSPS) is 19.6. The second kappa shape index (κ2) is 9.12. The highest BCUT2D eigenvalue weighted by atomic mass is 16.5. The molecule has 2 aliphatic rings. The number of methoxy groups -OCH3 is 3. The molecule has 1 fully saturated rings. The quantitative estimate of drug-likeness (QED) is 0.674. The molecular formula is C25H29NO6. The molecule has 4 rings (SSSR count). The molecule has 0 aliphatic carbocycles. The SMILES string of the molecule is COc1cc(C=C2Oc3c(ccc(O)c3CN3CCC[C@@H](C)C3)C2=O)cc(OC)c1OC. The Bertz CT molecular complexity index is 1040. The van der Waals surface area contributed by atoms with Crippen LogP contribution < -0.4 is 18.9 Å². The van der Waals surface area contributed by atoms with E-state index in [1.165, 1.54) is 27.8 Å². The minimum atomic E-state index is -0.220. The first-order valence-corrected chi connectivity index (χ1v) is 10.8. The van der Waals surface area contributed by atoms with E-state index >= 15 is 0 Å². The Balaban J connectivity index is 1.67. The lowest BCUT2D eigenvalue weighted by Gasteiger charge is -2.31. The van der Waals surface area contributed by atoms with Crippen molar-refractivity contribution in [3.8, 4) is 28.7 Å². The first kappa shape index (κ1) is 22.0. The fourth-order valence-electron chi connectivity index (χ4n) is 4.44. The average molecular weight is 440 g/mol. The number of hydrogen-bond donors (Lipinski definition) is 1. The number of carbonyl (C=O) groups excluding carboxylic acids is 1. The van der Waals surface area contributed by atoms with Crippen LogP contribution in [-0.4, -0.2) is 50.2 Å². The molecule has 0 unspecified atom stereocenters. The summed E-state index contributed by atoms with van der Waals surface area (Å²) in [6, 6.07) is 6.69. The molecule has 0 spiro atoms. The molecule has 1 atom stereocenters. The zero-order valence-corrected chi connectivity index (χ0v) is 18.9. The maximum Gasteiger partial charge on any atom is 0.231 e. The smallest absolute Gasteiger partial charge is 0.231 e. The van der Waals surface area contributed by atoms with Crippen molar-refractivity contribution >= 4 is 11.9 Å². The number of ether oxygens (including phenoxy) is 4. The van der Waals surface area contributed by atoms with Gasteiger partial charge in [-0.15, -0.1) is 0 Å². The molecule has 2 aromatic rings. The van der Waals surface area contributed by atoms with Crippen LogP contribution in [0.3, 0.4) is 0 Å².